The van der Waals surface area contributed by atoms with Gasteiger partial charge in [-0.05, 0) is 24.3 Å². The van der Waals surface area contributed by atoms with Gasteiger partial charge in [-0.25, -0.2) is 0 Å². The van der Waals surface area contributed by atoms with Gasteiger partial charge in [0.05, 0.1) is 12.8 Å². The molecule has 0 atom stereocenters. The second-order valence-electron chi connectivity index (χ2n) is 6.00. The highest BCUT2D eigenvalue weighted by atomic mass is 32.2. The maximum Gasteiger partial charge on any atom is 0.229 e. The van der Waals surface area contributed by atoms with E-state index in [0.29, 0.717) is 42.7 Å². The Morgan fingerprint density at radius 1 is 1.11 bits per heavy atom. The van der Waals surface area contributed by atoms with Crippen molar-refractivity contribution >= 4 is 23.6 Å². The second-order valence-corrected chi connectivity index (χ2v) is 7.06. The summed E-state index contributed by atoms with van der Waals surface area (Å²) in [7, 11) is 0. The lowest BCUT2D eigenvalue weighted by Crippen LogP contribution is -2.31. The zero-order valence-electron chi connectivity index (χ0n) is 14.4. The maximum absolute atomic E-state index is 11.7. The standard InChI is InChI=1S/C18H17N5O3S/c24-15-5-6-16(25)22(15)8-10-27-18-21-20-17(13-3-1-7-19-11-13)23(18)12-14-4-2-9-26-14/h1-4,7,9,11H,5-6,8,10,12H2. The molecule has 1 fully saturated rings. The van der Waals surface area contributed by atoms with Crippen molar-refractivity contribution in [3.8, 4) is 11.4 Å². The van der Waals surface area contributed by atoms with Crippen molar-refractivity contribution in [3.05, 3.63) is 48.7 Å². The molecule has 3 aromatic heterocycles. The zero-order chi connectivity index (χ0) is 18.6. The quantitative estimate of drug-likeness (QED) is 0.456. The fraction of sp³-hybridized carbons (Fsp3) is 0.278. The van der Waals surface area contributed by atoms with Gasteiger partial charge in [0.1, 0.15) is 5.76 Å². The molecule has 0 aliphatic carbocycles. The SMILES string of the molecule is O=C1CCC(=O)N1CCSc1nnc(-c2cccnc2)n1Cc1ccco1. The van der Waals surface area contributed by atoms with Gasteiger partial charge in [0.15, 0.2) is 11.0 Å². The van der Waals surface area contributed by atoms with Crippen molar-refractivity contribution in [2.75, 3.05) is 12.3 Å². The molecule has 4 heterocycles. The van der Waals surface area contributed by atoms with Crippen LogP contribution in [0, 0.1) is 0 Å². The van der Waals surface area contributed by atoms with Gasteiger partial charge < -0.3 is 4.42 Å². The molecule has 0 aromatic carbocycles. The van der Waals surface area contributed by atoms with E-state index in [-0.39, 0.29) is 11.8 Å². The average molecular weight is 383 g/mol. The molecule has 138 valence electrons. The predicted octanol–water partition coefficient (Wildman–Crippen LogP) is 2.22. The van der Waals surface area contributed by atoms with Crippen LogP contribution in [0.15, 0.2) is 52.5 Å². The van der Waals surface area contributed by atoms with Gasteiger partial charge in [0, 0.05) is 43.1 Å². The number of aromatic nitrogens is 4. The molecular weight excluding hydrogens is 366 g/mol. The Balaban J connectivity index is 1.54. The Hall–Kier alpha value is -2.94. The van der Waals surface area contributed by atoms with E-state index in [0.717, 1.165) is 11.3 Å². The predicted molar refractivity (Wildman–Crippen MR) is 97.7 cm³/mol. The molecule has 0 N–H and O–H groups in total. The third kappa shape index (κ3) is 3.77. The van der Waals surface area contributed by atoms with Gasteiger partial charge in [-0.3, -0.25) is 24.0 Å². The third-order valence-electron chi connectivity index (χ3n) is 4.23. The van der Waals surface area contributed by atoms with E-state index in [9.17, 15) is 9.59 Å². The monoisotopic (exact) mass is 383 g/mol. The Labute approximate surface area is 159 Å². The molecule has 0 bridgehead atoms. The van der Waals surface area contributed by atoms with Crippen LogP contribution in [-0.2, 0) is 16.1 Å². The van der Waals surface area contributed by atoms with Gasteiger partial charge in [-0.1, -0.05) is 11.8 Å². The summed E-state index contributed by atoms with van der Waals surface area (Å²) in [5.41, 5.74) is 0.855. The molecule has 3 aromatic rings. The summed E-state index contributed by atoms with van der Waals surface area (Å²) in [6, 6.07) is 7.49. The molecule has 0 unspecified atom stereocenters. The molecule has 8 nitrogen and oxygen atoms in total. The number of carbonyl (C=O) groups is 2. The summed E-state index contributed by atoms with van der Waals surface area (Å²) >= 11 is 1.46. The number of rotatable bonds is 7. The van der Waals surface area contributed by atoms with Crippen LogP contribution < -0.4 is 0 Å². The van der Waals surface area contributed by atoms with Gasteiger partial charge in [0.2, 0.25) is 11.8 Å². The summed E-state index contributed by atoms with van der Waals surface area (Å²) in [5.74, 6) is 1.82. The van der Waals surface area contributed by atoms with Gasteiger partial charge in [0.25, 0.3) is 0 Å². The van der Waals surface area contributed by atoms with Crippen molar-refractivity contribution in [3.63, 3.8) is 0 Å². The molecular formula is C18H17N5O3S. The molecule has 27 heavy (non-hydrogen) atoms. The number of amides is 2. The summed E-state index contributed by atoms with van der Waals surface area (Å²) < 4.78 is 7.42. The van der Waals surface area contributed by atoms with Crippen molar-refractivity contribution in [2.24, 2.45) is 0 Å². The van der Waals surface area contributed by atoms with Crippen LogP contribution in [0.4, 0.5) is 0 Å². The van der Waals surface area contributed by atoms with Crippen LogP contribution in [0.1, 0.15) is 18.6 Å². The Kier molecular flexibility index (Phi) is 5.01. The largest absolute Gasteiger partial charge is 0.467 e. The van der Waals surface area contributed by atoms with Crippen molar-refractivity contribution in [2.45, 2.75) is 24.5 Å². The van der Waals surface area contributed by atoms with Crippen LogP contribution in [-0.4, -0.2) is 48.8 Å². The van der Waals surface area contributed by atoms with Gasteiger partial charge in [-0.15, -0.1) is 10.2 Å². The van der Waals surface area contributed by atoms with Crippen LogP contribution >= 0.6 is 11.8 Å². The van der Waals surface area contributed by atoms with E-state index >= 15 is 0 Å². The van der Waals surface area contributed by atoms with Crippen molar-refractivity contribution < 1.29 is 14.0 Å². The van der Waals surface area contributed by atoms with E-state index in [1.807, 2.05) is 28.8 Å². The van der Waals surface area contributed by atoms with Crippen LogP contribution in [0.2, 0.25) is 0 Å². The number of imide groups is 1. The van der Waals surface area contributed by atoms with Crippen molar-refractivity contribution in [1.82, 2.24) is 24.6 Å². The molecule has 0 spiro atoms. The average Bonchev–Trinajstić information content (AvgIpc) is 3.41. The maximum atomic E-state index is 11.7. The smallest absolute Gasteiger partial charge is 0.229 e. The summed E-state index contributed by atoms with van der Waals surface area (Å²) in [6.45, 7) is 0.853. The summed E-state index contributed by atoms with van der Waals surface area (Å²) in [6.07, 6.45) is 5.68. The number of hydrogen-bond donors (Lipinski definition) is 0. The lowest BCUT2D eigenvalue weighted by Gasteiger charge is -2.13. The molecule has 1 saturated heterocycles. The normalized spacial score (nSPS) is 14.3. The van der Waals surface area contributed by atoms with Crippen LogP contribution in [0.5, 0.6) is 0 Å². The summed E-state index contributed by atoms with van der Waals surface area (Å²) in [5, 5.41) is 9.30. The number of carbonyl (C=O) groups excluding carboxylic acids is 2. The minimum absolute atomic E-state index is 0.103. The first-order valence-corrected chi connectivity index (χ1v) is 9.53. The van der Waals surface area contributed by atoms with Crippen LogP contribution in [0.25, 0.3) is 11.4 Å². The van der Waals surface area contributed by atoms with E-state index in [1.54, 1.807) is 18.7 Å². The molecule has 2 amide bonds. The highest BCUT2D eigenvalue weighted by molar-refractivity contribution is 7.99. The Morgan fingerprint density at radius 2 is 1.96 bits per heavy atom. The highest BCUT2D eigenvalue weighted by Gasteiger charge is 2.28. The van der Waals surface area contributed by atoms with E-state index in [1.165, 1.54) is 16.7 Å². The minimum atomic E-state index is -0.103. The fourth-order valence-corrected chi connectivity index (χ4v) is 3.77. The molecule has 1 aliphatic heterocycles. The number of nitrogens with zero attached hydrogens (tertiary/aromatic N) is 5. The lowest BCUT2D eigenvalue weighted by molar-refractivity contribution is -0.137. The molecule has 9 heteroatoms. The number of thioether (sulfide) groups is 1. The highest BCUT2D eigenvalue weighted by Crippen LogP contribution is 2.25. The first kappa shape index (κ1) is 17.5. The van der Waals surface area contributed by atoms with E-state index < -0.39 is 0 Å². The number of hydrogen-bond acceptors (Lipinski definition) is 7. The fourth-order valence-electron chi connectivity index (χ4n) is 2.91. The van der Waals surface area contributed by atoms with E-state index in [2.05, 4.69) is 15.2 Å². The molecule has 1 aliphatic rings. The van der Waals surface area contributed by atoms with Gasteiger partial charge in [-0.2, -0.15) is 0 Å². The molecule has 0 saturated carbocycles. The van der Waals surface area contributed by atoms with Crippen molar-refractivity contribution in [1.29, 1.82) is 0 Å². The van der Waals surface area contributed by atoms with E-state index in [4.69, 9.17) is 4.42 Å². The third-order valence-corrected chi connectivity index (χ3v) is 5.18. The Morgan fingerprint density at radius 3 is 2.67 bits per heavy atom. The molecule has 4 rings (SSSR count). The molecule has 0 radical (unpaired) electrons. The first-order valence-electron chi connectivity index (χ1n) is 8.54. The van der Waals surface area contributed by atoms with Gasteiger partial charge >= 0.3 is 0 Å². The van der Waals surface area contributed by atoms with Crippen LogP contribution in [0.3, 0.4) is 0 Å². The Bertz CT molecular complexity index is 923. The number of likely N-dealkylation sites (tertiary alicyclic amines) is 1. The summed E-state index contributed by atoms with van der Waals surface area (Å²) in [4.78, 5) is 28.9. The lowest BCUT2D eigenvalue weighted by atomic mass is 10.2. The zero-order valence-corrected chi connectivity index (χ0v) is 15.3. The minimum Gasteiger partial charge on any atom is -0.467 e. The number of furan rings is 1. The number of pyridine rings is 1. The second kappa shape index (κ2) is 7.75. The topological polar surface area (TPSA) is 94.1 Å². The first-order chi connectivity index (χ1) is 13.2.